The number of rotatable bonds is 4. The number of carbonyl (C=O) groups is 2. The normalized spacial score (nSPS) is 18.9. The highest BCUT2D eigenvalue weighted by atomic mass is 16.6. The van der Waals surface area contributed by atoms with Crippen LogP contribution in [-0.2, 0) is 25.5 Å². The molecule has 0 aliphatic carbocycles. The van der Waals surface area contributed by atoms with Crippen molar-refractivity contribution in [2.75, 3.05) is 26.8 Å². The molecule has 1 fully saturated rings. The van der Waals surface area contributed by atoms with E-state index < -0.39 is 12.1 Å². The van der Waals surface area contributed by atoms with Crippen LogP contribution in [0.2, 0.25) is 0 Å². The van der Waals surface area contributed by atoms with E-state index in [1.807, 2.05) is 0 Å². The van der Waals surface area contributed by atoms with E-state index in [2.05, 4.69) is 14.9 Å². The Morgan fingerprint density at radius 1 is 1.50 bits per heavy atom. The number of carbonyl (C=O) groups excluding carboxylic acids is 2. The Hall–Kier alpha value is -1.96. The molecular weight excluding hydrogens is 266 g/mol. The molecule has 1 aromatic rings. The Morgan fingerprint density at radius 2 is 2.30 bits per heavy atom. The number of aryl methyl sites for hydroxylation is 2. The average Bonchev–Trinajstić information content (AvgIpc) is 2.89. The van der Waals surface area contributed by atoms with Crippen LogP contribution in [0, 0.1) is 6.92 Å². The summed E-state index contributed by atoms with van der Waals surface area (Å²) in [5.41, 5.74) is 0. The van der Waals surface area contributed by atoms with E-state index >= 15 is 0 Å². The second-order valence-electron chi connectivity index (χ2n) is 4.46. The third kappa shape index (κ3) is 3.53. The first kappa shape index (κ1) is 14.4. The van der Waals surface area contributed by atoms with Crippen molar-refractivity contribution in [1.29, 1.82) is 0 Å². The number of aromatic nitrogens is 2. The third-order valence-electron chi connectivity index (χ3n) is 3.01. The van der Waals surface area contributed by atoms with E-state index in [0.29, 0.717) is 31.3 Å². The summed E-state index contributed by atoms with van der Waals surface area (Å²) < 4.78 is 14.8. The van der Waals surface area contributed by atoms with Crippen molar-refractivity contribution in [1.82, 2.24) is 15.0 Å². The quantitative estimate of drug-likeness (QED) is 0.701. The van der Waals surface area contributed by atoms with Crippen molar-refractivity contribution in [3.8, 4) is 0 Å². The summed E-state index contributed by atoms with van der Waals surface area (Å²) in [6, 6.07) is 0. The molecule has 0 radical (unpaired) electrons. The molecule has 0 saturated carbocycles. The van der Waals surface area contributed by atoms with Crippen molar-refractivity contribution in [3.05, 3.63) is 11.7 Å². The van der Waals surface area contributed by atoms with Gasteiger partial charge in [-0.1, -0.05) is 5.16 Å². The Balaban J connectivity index is 1.84. The van der Waals surface area contributed by atoms with Gasteiger partial charge in [0.1, 0.15) is 0 Å². The molecule has 2 heterocycles. The lowest BCUT2D eigenvalue weighted by molar-refractivity contribution is -0.162. The molecule has 2 rings (SSSR count). The van der Waals surface area contributed by atoms with Gasteiger partial charge in [0.2, 0.25) is 11.8 Å². The summed E-state index contributed by atoms with van der Waals surface area (Å²) in [4.78, 5) is 29.1. The molecule has 0 N–H and O–H groups in total. The van der Waals surface area contributed by atoms with Gasteiger partial charge in [0.15, 0.2) is 11.9 Å². The second-order valence-corrected chi connectivity index (χ2v) is 4.46. The smallest absolute Gasteiger partial charge is 0.336 e. The van der Waals surface area contributed by atoms with E-state index in [-0.39, 0.29) is 18.9 Å². The van der Waals surface area contributed by atoms with Gasteiger partial charge < -0.3 is 18.9 Å². The topological polar surface area (TPSA) is 94.8 Å². The Morgan fingerprint density at radius 3 is 2.95 bits per heavy atom. The first-order valence-electron chi connectivity index (χ1n) is 6.36. The summed E-state index contributed by atoms with van der Waals surface area (Å²) in [7, 11) is 1.30. The van der Waals surface area contributed by atoms with Gasteiger partial charge in [0.05, 0.1) is 20.3 Å². The van der Waals surface area contributed by atoms with Crippen molar-refractivity contribution in [2.45, 2.75) is 25.9 Å². The Bertz CT molecular complexity index is 487. The zero-order valence-electron chi connectivity index (χ0n) is 11.5. The zero-order valence-corrected chi connectivity index (χ0v) is 11.5. The van der Waals surface area contributed by atoms with Gasteiger partial charge >= 0.3 is 5.97 Å². The van der Waals surface area contributed by atoms with E-state index in [4.69, 9.17) is 9.26 Å². The minimum Gasteiger partial charge on any atom is -0.467 e. The number of ether oxygens (including phenoxy) is 2. The largest absolute Gasteiger partial charge is 0.467 e. The summed E-state index contributed by atoms with van der Waals surface area (Å²) in [5.74, 6) is 0.450. The number of morpholine rings is 1. The molecule has 1 saturated heterocycles. The minimum atomic E-state index is -0.705. The number of hydrogen-bond donors (Lipinski definition) is 0. The lowest BCUT2D eigenvalue weighted by Gasteiger charge is -2.31. The van der Waals surface area contributed by atoms with Gasteiger partial charge in [0, 0.05) is 19.4 Å². The molecule has 1 unspecified atom stereocenters. The van der Waals surface area contributed by atoms with Crippen LogP contribution < -0.4 is 0 Å². The van der Waals surface area contributed by atoms with Gasteiger partial charge in [-0.2, -0.15) is 4.98 Å². The molecule has 1 aromatic heterocycles. The fourth-order valence-corrected chi connectivity index (χ4v) is 1.96. The van der Waals surface area contributed by atoms with Crippen LogP contribution in [0.5, 0.6) is 0 Å². The molecule has 1 amide bonds. The van der Waals surface area contributed by atoms with Gasteiger partial charge in [-0.3, -0.25) is 4.79 Å². The molecule has 0 aromatic carbocycles. The van der Waals surface area contributed by atoms with Crippen LogP contribution in [-0.4, -0.2) is 59.8 Å². The molecule has 1 aliphatic heterocycles. The molecule has 0 bridgehead atoms. The van der Waals surface area contributed by atoms with Crippen molar-refractivity contribution in [3.63, 3.8) is 0 Å². The first-order chi connectivity index (χ1) is 9.60. The minimum absolute atomic E-state index is 0.0712. The highest BCUT2D eigenvalue weighted by Gasteiger charge is 2.29. The van der Waals surface area contributed by atoms with Gasteiger partial charge in [-0.25, -0.2) is 4.79 Å². The molecule has 20 heavy (non-hydrogen) atoms. The van der Waals surface area contributed by atoms with Gasteiger partial charge in [-0.05, 0) is 6.92 Å². The van der Waals surface area contributed by atoms with Gasteiger partial charge in [0.25, 0.3) is 0 Å². The number of methoxy groups -OCH3 is 1. The number of nitrogens with zero attached hydrogens (tertiary/aromatic N) is 3. The van der Waals surface area contributed by atoms with E-state index in [9.17, 15) is 9.59 Å². The predicted molar refractivity (Wildman–Crippen MR) is 65.7 cm³/mol. The SMILES string of the molecule is COC(=O)C1CN(C(=O)CCc2nc(C)no2)CCO1. The lowest BCUT2D eigenvalue weighted by atomic mass is 10.2. The van der Waals surface area contributed by atoms with Crippen LogP contribution in [0.4, 0.5) is 0 Å². The average molecular weight is 283 g/mol. The van der Waals surface area contributed by atoms with E-state index in [0.717, 1.165) is 0 Å². The number of hydrogen-bond acceptors (Lipinski definition) is 7. The summed E-state index contributed by atoms with van der Waals surface area (Å²) in [6.07, 6.45) is -0.0570. The maximum atomic E-state index is 12.1. The lowest BCUT2D eigenvalue weighted by Crippen LogP contribution is -2.48. The fraction of sp³-hybridized carbons (Fsp3) is 0.667. The summed E-state index contributed by atoms with van der Waals surface area (Å²) >= 11 is 0. The highest BCUT2D eigenvalue weighted by Crippen LogP contribution is 2.10. The van der Waals surface area contributed by atoms with Crippen molar-refractivity contribution in [2.24, 2.45) is 0 Å². The van der Waals surface area contributed by atoms with Gasteiger partial charge in [-0.15, -0.1) is 0 Å². The first-order valence-corrected chi connectivity index (χ1v) is 6.36. The van der Waals surface area contributed by atoms with Crippen LogP contribution in [0.1, 0.15) is 18.1 Å². The maximum Gasteiger partial charge on any atom is 0.336 e. The summed E-state index contributed by atoms with van der Waals surface area (Å²) in [5, 5.41) is 3.66. The zero-order chi connectivity index (χ0) is 14.5. The standard InChI is InChI=1S/C12H17N3O5/c1-8-13-10(20-14-8)3-4-11(16)15-5-6-19-9(7-15)12(17)18-2/h9H,3-7H2,1-2H3. The summed E-state index contributed by atoms with van der Waals surface area (Å²) in [6.45, 7) is 2.73. The van der Waals surface area contributed by atoms with Crippen LogP contribution in [0.3, 0.4) is 0 Å². The maximum absolute atomic E-state index is 12.1. The fourth-order valence-electron chi connectivity index (χ4n) is 1.96. The molecule has 0 spiro atoms. The third-order valence-corrected chi connectivity index (χ3v) is 3.01. The van der Waals surface area contributed by atoms with Crippen molar-refractivity contribution >= 4 is 11.9 Å². The Kier molecular flexibility index (Phi) is 4.67. The predicted octanol–water partition coefficient (Wildman–Crippen LogP) is -0.289. The molecular formula is C12H17N3O5. The highest BCUT2D eigenvalue weighted by molar-refractivity contribution is 5.79. The molecule has 8 heteroatoms. The van der Waals surface area contributed by atoms with Crippen LogP contribution >= 0.6 is 0 Å². The van der Waals surface area contributed by atoms with E-state index in [1.165, 1.54) is 7.11 Å². The second kappa shape index (κ2) is 6.47. The molecule has 1 aliphatic rings. The van der Waals surface area contributed by atoms with Crippen LogP contribution in [0.25, 0.3) is 0 Å². The number of esters is 1. The number of amides is 1. The molecule has 1 atom stereocenters. The van der Waals surface area contributed by atoms with Crippen LogP contribution in [0.15, 0.2) is 4.52 Å². The molecule has 110 valence electrons. The van der Waals surface area contributed by atoms with Crippen molar-refractivity contribution < 1.29 is 23.6 Å². The monoisotopic (exact) mass is 283 g/mol. The molecule has 8 nitrogen and oxygen atoms in total. The Labute approximate surface area is 116 Å². The van der Waals surface area contributed by atoms with E-state index in [1.54, 1.807) is 11.8 Å².